The van der Waals surface area contributed by atoms with Crippen LogP contribution in [0.3, 0.4) is 0 Å². The number of phenolic OH excluding ortho intramolecular Hbond substituents is 1. The van der Waals surface area contributed by atoms with Gasteiger partial charge in [-0.3, -0.25) is 71.9 Å². The van der Waals surface area contributed by atoms with Crippen LogP contribution in [0.25, 0.3) is 21.7 Å². The summed E-state index contributed by atoms with van der Waals surface area (Å²) in [4.78, 5) is 226. The Bertz CT molecular complexity index is 7280. The molecule has 0 fully saturated rings. The molecular formula is C95H98ClN25O16. The Morgan fingerprint density at radius 1 is 0.401 bits per heavy atom. The normalized spacial score (nSPS) is 12.3. The second-order valence-electron chi connectivity index (χ2n) is 34.1. The number of benzene rings is 3. The monoisotopic (exact) mass is 1880 g/mol. The van der Waals surface area contributed by atoms with Crippen LogP contribution in [0.1, 0.15) is 201 Å². The average molecular weight is 1880 g/mol. The van der Waals surface area contributed by atoms with Gasteiger partial charge in [0.05, 0.1) is 46.3 Å². The number of phenols is 1. The van der Waals surface area contributed by atoms with E-state index in [1.165, 1.54) is 90.7 Å². The third-order valence-corrected chi connectivity index (χ3v) is 23.7. The number of ketones is 6. The number of rotatable bonds is 39. The lowest BCUT2D eigenvalue weighted by Gasteiger charge is -2.17. The van der Waals surface area contributed by atoms with Crippen molar-refractivity contribution in [2.24, 2.45) is 70.5 Å². The van der Waals surface area contributed by atoms with E-state index in [1.54, 1.807) is 142 Å². The van der Waals surface area contributed by atoms with Gasteiger partial charge in [-0.1, -0.05) is 30.3 Å². The van der Waals surface area contributed by atoms with Gasteiger partial charge in [-0.15, -0.1) is 11.6 Å². The first-order chi connectivity index (χ1) is 65.3. The Hall–Kier alpha value is -16.8. The SMILES string of the molecule is CC(=O)Nc1cn(C)c(C(=O)Nc2cn(C)c(C(=O)Nc3cc(C(=O)Nc4cn(C)c(C(=O)NCCC(=O)Nc5cc(C(=O)Nc6cn(C)c(C(=O)NCCCC(=O)Cc7cc(C(=O)Cc8cn(C)c(C(=O)Cc9cc(C(=O)CCCC(=O)Cc%10cc(C(=O)Cc%11ccc%12[nH]c(C(=O)N%13CC(CCl)c%14c%13cc(O)c%13ccccc%14%13)cc%12c%11)n(C)c%10)n(C)c9)n8)n(C)c7)n6)n(C)c5)n4)n(C)c3)n2)n1. The van der Waals surface area contributed by atoms with Gasteiger partial charge in [0.1, 0.15) is 34.4 Å². The first kappa shape index (κ1) is 94.9. The van der Waals surface area contributed by atoms with Gasteiger partial charge in [0.15, 0.2) is 46.4 Å². The largest absolute Gasteiger partial charge is 0.507 e. The number of fused-ring (bicyclic) bond motifs is 4. The van der Waals surface area contributed by atoms with Gasteiger partial charge in [0.2, 0.25) is 40.9 Å². The average Bonchev–Trinajstić information content (AvgIpc) is 1.60. The summed E-state index contributed by atoms with van der Waals surface area (Å²) >= 11 is 6.44. The lowest BCUT2D eigenvalue weighted by atomic mass is 9.95. The molecule has 0 saturated carbocycles. The van der Waals surface area contributed by atoms with Crippen molar-refractivity contribution in [3.8, 4) is 5.75 Å². The summed E-state index contributed by atoms with van der Waals surface area (Å²) < 4.78 is 15.0. The molecule has 0 aliphatic carbocycles. The molecule has 10 N–H and O–H groups in total. The molecule has 706 valence electrons. The minimum absolute atomic E-state index is 0.0125. The van der Waals surface area contributed by atoms with Gasteiger partial charge in [0, 0.05) is 245 Å². The second kappa shape index (κ2) is 40.0. The Balaban J connectivity index is 0.442. The number of aromatic hydroxyl groups is 1. The summed E-state index contributed by atoms with van der Waals surface area (Å²) in [5.41, 5.74) is 7.33. The van der Waals surface area contributed by atoms with Crippen molar-refractivity contribution in [3.63, 3.8) is 0 Å². The summed E-state index contributed by atoms with van der Waals surface area (Å²) in [6.45, 7) is 1.64. The lowest BCUT2D eigenvalue weighted by Crippen LogP contribution is -2.30. The summed E-state index contributed by atoms with van der Waals surface area (Å²) in [6.07, 6.45) is 16.0. The molecule has 1 aliphatic heterocycles. The minimum Gasteiger partial charge on any atom is -0.507 e. The number of halogens is 1. The molecule has 137 heavy (non-hydrogen) atoms. The van der Waals surface area contributed by atoms with Crippen LogP contribution in [0.4, 0.5) is 40.3 Å². The fraction of sp³-hybridized carbons (Fsp3) is 0.284. The Morgan fingerprint density at radius 3 is 1.42 bits per heavy atom. The first-order valence-electron chi connectivity index (χ1n) is 43.6. The van der Waals surface area contributed by atoms with Crippen LogP contribution in [0.15, 0.2) is 147 Å². The Kier molecular flexibility index (Phi) is 27.7. The maximum Gasteiger partial charge on any atom is 0.292 e. The highest BCUT2D eigenvalue weighted by atomic mass is 35.5. The van der Waals surface area contributed by atoms with Crippen molar-refractivity contribution in [2.45, 2.75) is 83.5 Å². The number of amides is 9. The van der Waals surface area contributed by atoms with Crippen molar-refractivity contribution >= 4 is 161 Å². The zero-order chi connectivity index (χ0) is 97.8. The summed E-state index contributed by atoms with van der Waals surface area (Å²) in [6, 6.07) is 24.2. The molecule has 0 bridgehead atoms. The van der Waals surface area contributed by atoms with Gasteiger partial charge in [0.25, 0.3) is 41.4 Å². The van der Waals surface area contributed by atoms with Gasteiger partial charge in [-0.25, -0.2) is 24.9 Å². The third kappa shape index (κ3) is 21.5. The van der Waals surface area contributed by atoms with E-state index in [2.05, 4.69) is 72.4 Å². The molecule has 14 aromatic rings. The number of anilines is 7. The predicted octanol–water partition coefficient (Wildman–Crippen LogP) is 8.86. The van der Waals surface area contributed by atoms with E-state index in [1.807, 2.05) is 42.5 Å². The maximum atomic E-state index is 14.1. The van der Waals surface area contributed by atoms with Crippen LogP contribution in [0.2, 0.25) is 0 Å². The molecule has 1 aliphatic rings. The molecule has 12 heterocycles. The van der Waals surface area contributed by atoms with Crippen LogP contribution in [-0.2, 0) is 122 Å². The van der Waals surface area contributed by atoms with Crippen LogP contribution in [0.5, 0.6) is 5.75 Å². The highest BCUT2D eigenvalue weighted by Gasteiger charge is 2.37. The van der Waals surface area contributed by atoms with Gasteiger partial charge in [-0.2, -0.15) is 0 Å². The summed E-state index contributed by atoms with van der Waals surface area (Å²) in [5.74, 6) is -5.80. The predicted molar refractivity (Wildman–Crippen MR) is 505 cm³/mol. The topological polar surface area (TPSA) is 505 Å². The van der Waals surface area contributed by atoms with E-state index in [9.17, 15) is 77.0 Å². The van der Waals surface area contributed by atoms with E-state index in [0.717, 1.165) is 21.9 Å². The highest BCUT2D eigenvalue weighted by Crippen LogP contribution is 2.46. The number of nitrogens with zero attached hydrogens (tertiary/aromatic N) is 16. The van der Waals surface area contributed by atoms with Crippen molar-refractivity contribution in [3.05, 3.63) is 244 Å². The van der Waals surface area contributed by atoms with Gasteiger partial charge < -0.3 is 103 Å². The maximum absolute atomic E-state index is 14.1. The first-order valence-corrected chi connectivity index (χ1v) is 44.1. The smallest absolute Gasteiger partial charge is 0.292 e. The van der Waals surface area contributed by atoms with Gasteiger partial charge in [-0.05, 0) is 94.6 Å². The molecule has 42 heteroatoms. The third-order valence-electron chi connectivity index (χ3n) is 23.4. The number of aromatic nitrogens is 16. The Morgan fingerprint density at radius 2 is 0.869 bits per heavy atom. The highest BCUT2D eigenvalue weighted by molar-refractivity contribution is 6.20. The van der Waals surface area contributed by atoms with Crippen molar-refractivity contribution in [1.82, 2.24) is 86.2 Å². The Labute approximate surface area is 786 Å². The molecule has 15 rings (SSSR count). The quantitative estimate of drug-likeness (QED) is 0.00976. The van der Waals surface area contributed by atoms with E-state index in [4.69, 9.17) is 11.6 Å². The molecule has 0 spiro atoms. The number of Topliss-reactive ketones (excluding diaryl/α,β-unsaturated/α-hetero) is 6. The number of aromatic amines is 1. The van der Waals surface area contributed by atoms with Crippen molar-refractivity contribution in [1.29, 1.82) is 0 Å². The molecule has 1 atom stereocenters. The van der Waals surface area contributed by atoms with Crippen molar-refractivity contribution < 1.29 is 77.0 Å². The molecule has 9 amide bonds. The van der Waals surface area contributed by atoms with E-state index >= 15 is 0 Å². The fourth-order valence-electron chi connectivity index (χ4n) is 16.9. The van der Waals surface area contributed by atoms with E-state index < -0.39 is 41.4 Å². The lowest BCUT2D eigenvalue weighted by molar-refractivity contribution is -0.119. The minimum atomic E-state index is -0.665. The van der Waals surface area contributed by atoms with Crippen molar-refractivity contribution in [2.75, 3.05) is 62.3 Å². The zero-order valence-electron chi connectivity index (χ0n) is 76.6. The number of alkyl halides is 1. The summed E-state index contributed by atoms with van der Waals surface area (Å²) in [5, 5.41) is 34.3. The zero-order valence-corrected chi connectivity index (χ0v) is 77.4. The number of H-pyrrole nitrogens is 1. The molecule has 0 saturated heterocycles. The molecule has 11 aromatic heterocycles. The van der Waals surface area contributed by atoms with Crippen LogP contribution in [0, 0.1) is 0 Å². The van der Waals surface area contributed by atoms with E-state index in [-0.39, 0.29) is 217 Å². The van der Waals surface area contributed by atoms with Crippen LogP contribution >= 0.6 is 11.6 Å². The number of aryl methyl sites for hydroxylation is 10. The second-order valence-corrected chi connectivity index (χ2v) is 34.4. The summed E-state index contributed by atoms with van der Waals surface area (Å²) in [7, 11) is 16.1. The number of carbonyl (C=O) groups excluding carboxylic acids is 15. The standard InChI is InChI=1S/C95H98ClN25O16/c1-51(122)99-78-47-119(10)88(104-78)94(136)110-81-50-120(11)87(107-81)93(135)102-59-36-72(115(6)45-59)90(132)109-80-49-118(9)86(106-80)92(134)98-25-23-82(130)100-58-35-71(114(5)44-58)89(131)108-79-48-117(8)85(105-79)91(133)97-24-15-17-62(124)28-54-30-69(113(4)41-54)76(128)37-60-46-116(7)84(101-60)77(129)33-55-31-67(111(2)42-55)73(125)20-14-16-61(123)27-53-29-68(112(3)40-53)75(127)32-52-21-22-65-56(26-52)34-66(103-65)95(137)121-43-57(39-96)83-64-19-13-12-18-63(64)74(126)38-70(83)121/h12-13,18-19,21-22,26,29-31,34-36,38,40-42,44-50,57,103,126H,14-17,20,23-25,27-28,32-33,37,39,43H2,1-11H3,(H,97,133)(H,98,134)(H,99,122)(H,100,130)(H,102,135)(H,108,131)(H,109,132)(H,110,136). The van der Waals surface area contributed by atoms with E-state index in [0.29, 0.717) is 74.2 Å². The molecular weight excluding hydrogens is 1780 g/mol. The number of imidazole rings is 5. The number of hydrogen-bond acceptors (Lipinski definition) is 21. The number of carbonyl (C=O) groups is 15. The van der Waals surface area contributed by atoms with Crippen LogP contribution in [-0.4, -0.2) is 194 Å². The molecule has 1 unspecified atom stereocenters. The molecule has 41 nitrogen and oxygen atoms in total. The van der Waals surface area contributed by atoms with Gasteiger partial charge >= 0.3 is 0 Å². The van der Waals surface area contributed by atoms with Crippen LogP contribution < -0.4 is 47.4 Å². The number of nitrogens with one attached hydrogen (secondary N) is 9. The fourth-order valence-corrected chi connectivity index (χ4v) is 17.2. The molecule has 0 radical (unpaired) electrons. The molecule has 3 aromatic carbocycles. The number of hydrogen-bond donors (Lipinski definition) is 10.